The van der Waals surface area contributed by atoms with E-state index >= 15 is 0 Å². The standard InChI is InChI=1S/C30H29N5O3S/c1-19-16-24(20(2)35(19)23-13-9-10-21(17-23)29(37)38-3)28-27(25-14-7-8-15-31-25)33-30(39)34(28)18-26(36)32-22-11-5-4-6-12-22/h4-17,27-28H,18H2,1-3H3,(H,32,36)(H,33,39). The largest absolute Gasteiger partial charge is 0.465 e. The Morgan fingerprint density at radius 2 is 1.79 bits per heavy atom. The molecule has 39 heavy (non-hydrogen) atoms. The van der Waals surface area contributed by atoms with Crippen LogP contribution in [0.15, 0.2) is 85.1 Å². The summed E-state index contributed by atoms with van der Waals surface area (Å²) in [5, 5.41) is 6.86. The lowest BCUT2D eigenvalue weighted by Crippen LogP contribution is -2.37. The number of hydrogen-bond donors (Lipinski definition) is 2. The number of benzene rings is 2. The van der Waals surface area contributed by atoms with E-state index in [1.165, 1.54) is 7.11 Å². The summed E-state index contributed by atoms with van der Waals surface area (Å²) in [6.07, 6.45) is 1.75. The van der Waals surface area contributed by atoms with Crippen LogP contribution in [-0.2, 0) is 9.53 Å². The zero-order valence-electron chi connectivity index (χ0n) is 21.9. The van der Waals surface area contributed by atoms with Crippen LogP contribution in [0.1, 0.15) is 45.1 Å². The molecular weight excluding hydrogens is 510 g/mol. The van der Waals surface area contributed by atoms with Crippen molar-refractivity contribution in [1.82, 2.24) is 19.8 Å². The quantitative estimate of drug-likeness (QED) is 0.255. The summed E-state index contributed by atoms with van der Waals surface area (Å²) in [6, 6.07) is 24.0. The zero-order chi connectivity index (χ0) is 27.5. The van der Waals surface area contributed by atoms with Gasteiger partial charge in [-0.25, -0.2) is 4.79 Å². The summed E-state index contributed by atoms with van der Waals surface area (Å²) >= 11 is 5.76. The third-order valence-electron chi connectivity index (χ3n) is 6.88. The lowest BCUT2D eigenvalue weighted by molar-refractivity contribution is -0.116. The minimum Gasteiger partial charge on any atom is -0.465 e. The molecule has 2 unspecified atom stereocenters. The van der Waals surface area contributed by atoms with E-state index in [0.29, 0.717) is 10.7 Å². The van der Waals surface area contributed by atoms with Crippen LogP contribution in [-0.4, -0.2) is 45.1 Å². The van der Waals surface area contributed by atoms with Crippen molar-refractivity contribution in [1.29, 1.82) is 0 Å². The molecular formula is C30H29N5O3S. The van der Waals surface area contributed by atoms with Crippen LogP contribution >= 0.6 is 12.2 Å². The van der Waals surface area contributed by atoms with Crippen LogP contribution in [0.4, 0.5) is 5.69 Å². The summed E-state index contributed by atoms with van der Waals surface area (Å²) < 4.78 is 7.02. The second-order valence-electron chi connectivity index (χ2n) is 9.37. The van der Waals surface area contributed by atoms with E-state index < -0.39 is 5.97 Å². The van der Waals surface area contributed by atoms with Gasteiger partial charge in [0.15, 0.2) is 5.11 Å². The van der Waals surface area contributed by atoms with Crippen LogP contribution in [0.3, 0.4) is 0 Å². The molecule has 1 saturated heterocycles. The van der Waals surface area contributed by atoms with Gasteiger partial charge in [0, 0.05) is 29.0 Å². The number of aromatic nitrogens is 2. The molecule has 1 aliphatic heterocycles. The Labute approximate surface area is 232 Å². The number of rotatable bonds is 7. The molecule has 198 valence electrons. The molecule has 2 aromatic carbocycles. The molecule has 8 nitrogen and oxygen atoms in total. The number of methoxy groups -OCH3 is 1. The fraction of sp³-hybridized carbons (Fsp3) is 0.200. The van der Waals surface area contributed by atoms with Gasteiger partial charge < -0.3 is 24.8 Å². The number of carbonyl (C=O) groups excluding carboxylic acids is 2. The number of nitrogens with one attached hydrogen (secondary N) is 2. The van der Waals surface area contributed by atoms with Crippen LogP contribution < -0.4 is 10.6 Å². The first kappa shape index (κ1) is 26.1. The molecule has 3 heterocycles. The summed E-state index contributed by atoms with van der Waals surface area (Å²) in [5.41, 5.74) is 5.83. The number of ether oxygens (including phenoxy) is 1. The highest BCUT2D eigenvalue weighted by molar-refractivity contribution is 7.80. The third kappa shape index (κ3) is 5.26. The molecule has 2 aromatic heterocycles. The number of pyridine rings is 1. The van der Waals surface area contributed by atoms with Crippen LogP contribution in [0.5, 0.6) is 0 Å². The van der Waals surface area contributed by atoms with E-state index in [1.807, 2.05) is 85.5 Å². The van der Waals surface area contributed by atoms with Crippen LogP contribution in [0.25, 0.3) is 5.69 Å². The maximum absolute atomic E-state index is 13.1. The molecule has 0 aliphatic carbocycles. The minimum absolute atomic E-state index is 0.0657. The molecule has 2 N–H and O–H groups in total. The van der Waals surface area contributed by atoms with Crippen molar-refractivity contribution in [3.05, 3.63) is 113 Å². The normalized spacial score (nSPS) is 16.6. The smallest absolute Gasteiger partial charge is 0.337 e. The number of aryl methyl sites for hydroxylation is 1. The fourth-order valence-electron chi connectivity index (χ4n) is 5.17. The van der Waals surface area contributed by atoms with Gasteiger partial charge in [-0.3, -0.25) is 9.78 Å². The highest BCUT2D eigenvalue weighted by Crippen LogP contribution is 2.41. The van der Waals surface area contributed by atoms with Crippen molar-refractivity contribution in [3.63, 3.8) is 0 Å². The average molecular weight is 540 g/mol. The molecule has 2 atom stereocenters. The van der Waals surface area contributed by atoms with Gasteiger partial charge >= 0.3 is 5.97 Å². The first-order valence-electron chi connectivity index (χ1n) is 12.6. The van der Waals surface area contributed by atoms with Crippen molar-refractivity contribution in [2.24, 2.45) is 0 Å². The average Bonchev–Trinajstić information content (AvgIpc) is 3.43. The van der Waals surface area contributed by atoms with E-state index in [-0.39, 0.29) is 24.5 Å². The van der Waals surface area contributed by atoms with Crippen molar-refractivity contribution >= 4 is 34.9 Å². The molecule has 0 spiro atoms. The van der Waals surface area contributed by atoms with Crippen LogP contribution in [0, 0.1) is 13.8 Å². The van der Waals surface area contributed by atoms with Gasteiger partial charge in [0.2, 0.25) is 5.91 Å². The Morgan fingerprint density at radius 1 is 1.03 bits per heavy atom. The molecule has 9 heteroatoms. The van der Waals surface area contributed by atoms with Gasteiger partial charge in [-0.2, -0.15) is 0 Å². The first-order valence-corrected chi connectivity index (χ1v) is 13.0. The second-order valence-corrected chi connectivity index (χ2v) is 9.76. The summed E-state index contributed by atoms with van der Waals surface area (Å²) in [6.45, 7) is 4.12. The second kappa shape index (κ2) is 11.1. The summed E-state index contributed by atoms with van der Waals surface area (Å²) in [4.78, 5) is 31.8. The number of esters is 1. The maximum Gasteiger partial charge on any atom is 0.337 e. The molecule has 0 bridgehead atoms. The van der Waals surface area contributed by atoms with Crippen molar-refractivity contribution in [2.75, 3.05) is 19.0 Å². The Balaban J connectivity index is 1.54. The number of nitrogens with zero attached hydrogens (tertiary/aromatic N) is 3. The monoisotopic (exact) mass is 539 g/mol. The number of hydrogen-bond acceptors (Lipinski definition) is 5. The number of carbonyl (C=O) groups is 2. The first-order chi connectivity index (χ1) is 18.9. The van der Waals surface area contributed by atoms with E-state index in [1.54, 1.807) is 12.3 Å². The minimum atomic E-state index is -0.393. The molecule has 1 fully saturated rings. The van der Waals surface area contributed by atoms with Gasteiger partial charge in [-0.05, 0) is 80.2 Å². The van der Waals surface area contributed by atoms with E-state index in [4.69, 9.17) is 17.0 Å². The number of para-hydroxylation sites is 1. The van der Waals surface area contributed by atoms with Crippen molar-refractivity contribution in [2.45, 2.75) is 25.9 Å². The van der Waals surface area contributed by atoms with E-state index in [2.05, 4.69) is 26.3 Å². The highest BCUT2D eigenvalue weighted by Gasteiger charge is 2.42. The highest BCUT2D eigenvalue weighted by atomic mass is 32.1. The van der Waals surface area contributed by atoms with Crippen molar-refractivity contribution in [3.8, 4) is 5.69 Å². The van der Waals surface area contributed by atoms with E-state index in [9.17, 15) is 9.59 Å². The van der Waals surface area contributed by atoms with Gasteiger partial charge in [0.25, 0.3) is 0 Å². The van der Waals surface area contributed by atoms with Gasteiger partial charge in [-0.15, -0.1) is 0 Å². The number of amides is 1. The van der Waals surface area contributed by atoms with Crippen molar-refractivity contribution < 1.29 is 14.3 Å². The molecule has 4 aromatic rings. The molecule has 1 aliphatic rings. The Morgan fingerprint density at radius 3 is 2.51 bits per heavy atom. The van der Waals surface area contributed by atoms with Gasteiger partial charge in [0.1, 0.15) is 6.54 Å². The predicted molar refractivity (Wildman–Crippen MR) is 154 cm³/mol. The molecule has 1 amide bonds. The molecule has 0 radical (unpaired) electrons. The van der Waals surface area contributed by atoms with Gasteiger partial charge in [-0.1, -0.05) is 30.3 Å². The molecule has 0 saturated carbocycles. The summed E-state index contributed by atoms with van der Waals surface area (Å²) in [7, 11) is 1.37. The lowest BCUT2D eigenvalue weighted by Gasteiger charge is -2.27. The summed E-state index contributed by atoms with van der Waals surface area (Å²) in [5.74, 6) is -0.563. The van der Waals surface area contributed by atoms with Crippen LogP contribution in [0.2, 0.25) is 0 Å². The van der Waals surface area contributed by atoms with E-state index in [0.717, 1.165) is 34.0 Å². The third-order valence-corrected chi connectivity index (χ3v) is 7.24. The Hall–Kier alpha value is -4.50. The Bertz CT molecular complexity index is 1520. The maximum atomic E-state index is 13.1. The number of thiocarbonyl (C=S) groups is 1. The molecule has 5 rings (SSSR count). The SMILES string of the molecule is COC(=O)c1cccc(-n2c(C)cc(C3C(c4ccccn4)NC(=S)N3CC(=O)Nc3ccccc3)c2C)c1. The fourth-order valence-corrected chi connectivity index (χ4v) is 5.47. The topological polar surface area (TPSA) is 88.5 Å². The predicted octanol–water partition coefficient (Wildman–Crippen LogP) is 4.89. The zero-order valence-corrected chi connectivity index (χ0v) is 22.7. The number of anilines is 1. The lowest BCUT2D eigenvalue weighted by atomic mass is 9.96. The Kier molecular flexibility index (Phi) is 7.42. The van der Waals surface area contributed by atoms with Gasteiger partial charge in [0.05, 0.1) is 30.5 Å².